The minimum Gasteiger partial charge on any atom is -0.463 e. The predicted molar refractivity (Wildman–Crippen MR) is 86.7 cm³/mol. The summed E-state index contributed by atoms with van der Waals surface area (Å²) in [5.74, 6) is -0.519. The summed E-state index contributed by atoms with van der Waals surface area (Å²) in [7, 11) is 0. The monoisotopic (exact) mass is 386 g/mol. The zero-order valence-corrected chi connectivity index (χ0v) is 15.5. The van der Waals surface area contributed by atoms with Crippen molar-refractivity contribution >= 4 is 23.9 Å². The molecule has 0 aliphatic carbocycles. The fourth-order valence-electron chi connectivity index (χ4n) is 2.45. The Morgan fingerprint density at radius 2 is 1.37 bits per heavy atom. The van der Waals surface area contributed by atoms with Gasteiger partial charge in [0.05, 0.1) is 0 Å². The topological polar surface area (TPSA) is 124 Å². The van der Waals surface area contributed by atoms with Gasteiger partial charge in [-0.05, 0) is 0 Å². The lowest BCUT2D eigenvalue weighted by molar-refractivity contribution is -0.305. The SMILES string of the molecule is C#CCO[C@H]1O[C@H](COC(C)=O)[C@@H](OC(C)=O)[C@H](OC(C)=O)[C@H]1OC(C)=O. The molecular formula is C17H22O10. The van der Waals surface area contributed by atoms with Crippen molar-refractivity contribution in [2.75, 3.05) is 13.2 Å². The number of rotatable bonds is 7. The van der Waals surface area contributed by atoms with Gasteiger partial charge in [0.2, 0.25) is 0 Å². The van der Waals surface area contributed by atoms with Crippen molar-refractivity contribution in [2.45, 2.75) is 58.4 Å². The molecule has 0 N–H and O–H groups in total. The van der Waals surface area contributed by atoms with E-state index in [4.69, 9.17) is 34.8 Å². The minimum atomic E-state index is -1.27. The molecule has 5 atom stereocenters. The molecule has 0 bridgehead atoms. The van der Waals surface area contributed by atoms with Crippen molar-refractivity contribution in [3.63, 3.8) is 0 Å². The molecule has 10 nitrogen and oxygen atoms in total. The minimum absolute atomic E-state index is 0.201. The summed E-state index contributed by atoms with van der Waals surface area (Å²) in [6.07, 6.45) is -0.894. The van der Waals surface area contributed by atoms with Crippen molar-refractivity contribution in [3.8, 4) is 12.3 Å². The lowest BCUT2D eigenvalue weighted by Crippen LogP contribution is -2.62. The first-order chi connectivity index (χ1) is 12.6. The van der Waals surface area contributed by atoms with Crippen LogP contribution in [0.3, 0.4) is 0 Å². The summed E-state index contributed by atoms with van der Waals surface area (Å²) in [4.78, 5) is 45.7. The second-order valence-electron chi connectivity index (χ2n) is 5.58. The Labute approximate surface area is 156 Å². The largest absolute Gasteiger partial charge is 0.463 e. The normalized spacial score (nSPS) is 27.0. The number of hydrogen-bond donors (Lipinski definition) is 0. The van der Waals surface area contributed by atoms with E-state index in [1.807, 2.05) is 0 Å². The maximum Gasteiger partial charge on any atom is 0.303 e. The first kappa shape index (κ1) is 22.4. The Kier molecular flexibility index (Phi) is 8.71. The molecule has 0 unspecified atom stereocenters. The Hall–Kier alpha value is -2.64. The highest BCUT2D eigenvalue weighted by Crippen LogP contribution is 2.29. The summed E-state index contributed by atoms with van der Waals surface area (Å²) in [6, 6.07) is 0. The van der Waals surface area contributed by atoms with E-state index < -0.39 is 54.6 Å². The Balaban J connectivity index is 3.25. The Morgan fingerprint density at radius 3 is 1.85 bits per heavy atom. The second kappa shape index (κ2) is 10.5. The van der Waals surface area contributed by atoms with Crippen LogP contribution in [-0.4, -0.2) is 67.8 Å². The van der Waals surface area contributed by atoms with Crippen molar-refractivity contribution in [3.05, 3.63) is 0 Å². The zero-order valence-electron chi connectivity index (χ0n) is 15.5. The van der Waals surface area contributed by atoms with Crippen molar-refractivity contribution in [1.29, 1.82) is 0 Å². The molecule has 1 aliphatic rings. The maximum atomic E-state index is 11.6. The van der Waals surface area contributed by atoms with Gasteiger partial charge in [-0.1, -0.05) is 5.92 Å². The molecule has 1 heterocycles. The van der Waals surface area contributed by atoms with Crippen molar-refractivity contribution < 1.29 is 47.6 Å². The lowest BCUT2D eigenvalue weighted by Gasteiger charge is -2.43. The summed E-state index contributed by atoms with van der Waals surface area (Å²) in [5.41, 5.74) is 0. The van der Waals surface area contributed by atoms with Gasteiger partial charge in [-0.15, -0.1) is 6.42 Å². The van der Waals surface area contributed by atoms with Crippen LogP contribution < -0.4 is 0 Å². The van der Waals surface area contributed by atoms with Crippen LogP contribution in [0.25, 0.3) is 0 Å². The van der Waals surface area contributed by atoms with Gasteiger partial charge < -0.3 is 28.4 Å². The van der Waals surface area contributed by atoms with Gasteiger partial charge in [-0.3, -0.25) is 19.2 Å². The van der Waals surface area contributed by atoms with Gasteiger partial charge in [0.1, 0.15) is 19.3 Å². The van der Waals surface area contributed by atoms with Gasteiger partial charge in [-0.2, -0.15) is 0 Å². The summed E-state index contributed by atoms with van der Waals surface area (Å²) < 4.78 is 31.5. The first-order valence-electron chi connectivity index (χ1n) is 8.01. The molecule has 10 heteroatoms. The molecule has 0 aromatic rings. The molecule has 0 aromatic carbocycles. The van der Waals surface area contributed by atoms with Crippen LogP contribution in [0.2, 0.25) is 0 Å². The van der Waals surface area contributed by atoms with E-state index in [0.717, 1.165) is 20.8 Å². The van der Waals surface area contributed by atoms with Gasteiger partial charge in [-0.25, -0.2) is 0 Å². The maximum absolute atomic E-state index is 11.6. The van der Waals surface area contributed by atoms with Crippen molar-refractivity contribution in [1.82, 2.24) is 0 Å². The van der Waals surface area contributed by atoms with Crippen LogP contribution in [0.4, 0.5) is 0 Å². The third-order valence-corrected chi connectivity index (χ3v) is 3.28. The molecular weight excluding hydrogens is 364 g/mol. The number of carbonyl (C=O) groups excluding carboxylic acids is 4. The third-order valence-electron chi connectivity index (χ3n) is 3.28. The number of hydrogen-bond acceptors (Lipinski definition) is 10. The summed E-state index contributed by atoms with van der Waals surface area (Å²) in [5, 5.41) is 0. The molecule has 0 radical (unpaired) electrons. The molecule has 0 saturated carbocycles. The highest BCUT2D eigenvalue weighted by atomic mass is 16.7. The lowest BCUT2D eigenvalue weighted by atomic mass is 9.98. The van der Waals surface area contributed by atoms with E-state index in [0.29, 0.717) is 0 Å². The van der Waals surface area contributed by atoms with E-state index >= 15 is 0 Å². The van der Waals surface area contributed by atoms with E-state index in [-0.39, 0.29) is 13.2 Å². The molecule has 1 aliphatic heterocycles. The van der Waals surface area contributed by atoms with Crippen molar-refractivity contribution in [2.24, 2.45) is 0 Å². The van der Waals surface area contributed by atoms with Crippen LogP contribution in [0.15, 0.2) is 0 Å². The smallest absolute Gasteiger partial charge is 0.303 e. The Morgan fingerprint density at radius 1 is 0.852 bits per heavy atom. The van der Waals surface area contributed by atoms with Crippen LogP contribution in [0.5, 0.6) is 0 Å². The third kappa shape index (κ3) is 7.24. The predicted octanol–water partition coefficient (Wildman–Crippen LogP) is -0.281. The molecule has 0 spiro atoms. The number of terminal acetylenes is 1. The number of ether oxygens (including phenoxy) is 6. The van der Waals surface area contributed by atoms with E-state index in [1.54, 1.807) is 0 Å². The highest BCUT2D eigenvalue weighted by molar-refractivity contribution is 5.68. The van der Waals surface area contributed by atoms with Gasteiger partial charge in [0.15, 0.2) is 24.6 Å². The number of esters is 4. The average Bonchev–Trinajstić information content (AvgIpc) is 2.54. The fraction of sp³-hybridized carbons (Fsp3) is 0.647. The van der Waals surface area contributed by atoms with Gasteiger partial charge in [0, 0.05) is 27.7 Å². The molecule has 27 heavy (non-hydrogen) atoms. The summed E-state index contributed by atoms with van der Waals surface area (Å²) in [6.45, 7) is 4.05. The van der Waals surface area contributed by atoms with Crippen LogP contribution in [0.1, 0.15) is 27.7 Å². The average molecular weight is 386 g/mol. The zero-order chi connectivity index (χ0) is 20.6. The number of carbonyl (C=O) groups is 4. The van der Waals surface area contributed by atoms with Crippen LogP contribution >= 0.6 is 0 Å². The highest BCUT2D eigenvalue weighted by Gasteiger charge is 2.52. The Bertz CT molecular complexity index is 607. The standard InChI is InChI=1S/C17H22O10/c1-6-7-22-17-16(26-12(5)21)15(25-11(4)20)14(24-10(3)19)13(27-17)8-23-9(2)18/h1,13-17H,7-8H2,2-5H3/t13-,14-,15+,16-,17+/m1/s1. The van der Waals surface area contributed by atoms with E-state index in [1.165, 1.54) is 6.92 Å². The molecule has 0 aromatic heterocycles. The van der Waals surface area contributed by atoms with E-state index in [9.17, 15) is 19.2 Å². The van der Waals surface area contributed by atoms with Gasteiger partial charge in [0.25, 0.3) is 0 Å². The van der Waals surface area contributed by atoms with Crippen LogP contribution in [-0.2, 0) is 47.6 Å². The molecule has 1 fully saturated rings. The molecule has 1 saturated heterocycles. The second-order valence-corrected chi connectivity index (χ2v) is 5.58. The molecule has 150 valence electrons. The van der Waals surface area contributed by atoms with E-state index in [2.05, 4.69) is 5.92 Å². The molecule has 1 rings (SSSR count). The summed E-state index contributed by atoms with van der Waals surface area (Å²) >= 11 is 0. The van der Waals surface area contributed by atoms with Gasteiger partial charge >= 0.3 is 23.9 Å². The molecule has 0 amide bonds. The first-order valence-corrected chi connectivity index (χ1v) is 8.01. The van der Waals surface area contributed by atoms with Crippen LogP contribution in [0, 0.1) is 12.3 Å². The quantitative estimate of drug-likeness (QED) is 0.328. The fourth-order valence-corrected chi connectivity index (χ4v) is 2.45.